The fourth-order valence-electron chi connectivity index (χ4n) is 3.44. The van der Waals surface area contributed by atoms with Crippen LogP contribution in [0.5, 0.6) is 0 Å². The summed E-state index contributed by atoms with van der Waals surface area (Å²) >= 11 is 5.72. The van der Waals surface area contributed by atoms with Crippen molar-refractivity contribution in [2.75, 3.05) is 39.3 Å². The van der Waals surface area contributed by atoms with Gasteiger partial charge in [-0.05, 0) is 42.8 Å². The molecule has 1 amide bonds. The maximum absolute atomic E-state index is 13.4. The van der Waals surface area contributed by atoms with Gasteiger partial charge < -0.3 is 4.90 Å². The lowest BCUT2D eigenvalue weighted by molar-refractivity contribution is -0.133. The van der Waals surface area contributed by atoms with Crippen LogP contribution in [-0.2, 0) is 21.4 Å². The zero-order chi connectivity index (χ0) is 22.6. The fourth-order valence-corrected chi connectivity index (χ4v) is 5.13. The Balaban J connectivity index is 1.57. The van der Waals surface area contributed by atoms with E-state index in [0.29, 0.717) is 31.7 Å². The SMILES string of the molecule is CCN(Cc1cccc(F)c1)C(=O)CN1CCN(S(=O)(=O)c2ccc(F)c(Cl)c2)CC1. The first-order valence-electron chi connectivity index (χ1n) is 9.90. The fraction of sp³-hybridized carbons (Fsp3) is 0.381. The number of carbonyl (C=O) groups is 1. The Morgan fingerprint density at radius 3 is 2.42 bits per heavy atom. The maximum Gasteiger partial charge on any atom is 0.243 e. The molecule has 6 nitrogen and oxygen atoms in total. The number of likely N-dealkylation sites (N-methyl/N-ethyl adjacent to an activating group) is 1. The summed E-state index contributed by atoms with van der Waals surface area (Å²) in [4.78, 5) is 16.2. The average Bonchev–Trinajstić information content (AvgIpc) is 2.74. The van der Waals surface area contributed by atoms with E-state index in [4.69, 9.17) is 11.6 Å². The summed E-state index contributed by atoms with van der Waals surface area (Å²) in [5.74, 6) is -1.13. The Morgan fingerprint density at radius 1 is 1.10 bits per heavy atom. The van der Waals surface area contributed by atoms with Crippen molar-refractivity contribution in [2.24, 2.45) is 0 Å². The second-order valence-electron chi connectivity index (χ2n) is 7.29. The monoisotopic (exact) mass is 471 g/mol. The molecule has 1 heterocycles. The molecule has 3 rings (SSSR count). The van der Waals surface area contributed by atoms with Gasteiger partial charge in [0.25, 0.3) is 0 Å². The molecule has 0 bridgehead atoms. The van der Waals surface area contributed by atoms with Crippen molar-refractivity contribution in [3.05, 3.63) is 64.7 Å². The molecule has 0 N–H and O–H groups in total. The van der Waals surface area contributed by atoms with Gasteiger partial charge in [-0.3, -0.25) is 9.69 Å². The summed E-state index contributed by atoms with van der Waals surface area (Å²) in [6.45, 7) is 3.99. The van der Waals surface area contributed by atoms with Crippen LogP contribution in [0.2, 0.25) is 5.02 Å². The first-order chi connectivity index (χ1) is 14.7. The van der Waals surface area contributed by atoms with Gasteiger partial charge in [-0.15, -0.1) is 0 Å². The zero-order valence-electron chi connectivity index (χ0n) is 17.1. The molecule has 1 aliphatic rings. The molecule has 0 atom stereocenters. The molecular weight excluding hydrogens is 448 g/mol. The molecule has 2 aromatic carbocycles. The molecule has 0 spiro atoms. The first kappa shape index (κ1) is 23.6. The minimum atomic E-state index is -3.79. The van der Waals surface area contributed by atoms with Crippen molar-refractivity contribution in [3.8, 4) is 0 Å². The highest BCUT2D eigenvalue weighted by Crippen LogP contribution is 2.23. The summed E-state index contributed by atoms with van der Waals surface area (Å²) in [5.41, 5.74) is 0.712. The summed E-state index contributed by atoms with van der Waals surface area (Å²) in [6, 6.07) is 9.46. The summed E-state index contributed by atoms with van der Waals surface area (Å²) in [7, 11) is -3.79. The van der Waals surface area contributed by atoms with Gasteiger partial charge in [-0.2, -0.15) is 4.31 Å². The molecule has 0 saturated carbocycles. The minimum Gasteiger partial charge on any atom is -0.338 e. The number of hydrogen-bond donors (Lipinski definition) is 0. The third kappa shape index (κ3) is 5.79. The standard InChI is InChI=1S/C21H24ClF2N3O3S/c1-2-26(14-16-4-3-5-17(23)12-16)21(28)15-25-8-10-27(11-9-25)31(29,30)18-6-7-20(24)19(22)13-18/h3-7,12-13H,2,8-11,14-15H2,1H3. The number of rotatable bonds is 7. The van der Waals surface area contributed by atoms with E-state index in [1.807, 2.05) is 11.8 Å². The van der Waals surface area contributed by atoms with E-state index in [-0.39, 0.29) is 41.3 Å². The topological polar surface area (TPSA) is 60.9 Å². The van der Waals surface area contributed by atoms with Crippen molar-refractivity contribution in [2.45, 2.75) is 18.4 Å². The third-order valence-electron chi connectivity index (χ3n) is 5.22. The van der Waals surface area contributed by atoms with Crippen LogP contribution in [-0.4, -0.2) is 67.7 Å². The lowest BCUT2D eigenvalue weighted by atomic mass is 10.2. The second-order valence-corrected chi connectivity index (χ2v) is 9.64. The van der Waals surface area contributed by atoms with Crippen LogP contribution in [0.3, 0.4) is 0 Å². The number of nitrogens with zero attached hydrogens (tertiary/aromatic N) is 3. The highest BCUT2D eigenvalue weighted by molar-refractivity contribution is 7.89. The molecule has 0 radical (unpaired) electrons. The summed E-state index contributed by atoms with van der Waals surface area (Å²) in [5, 5.41) is -0.247. The van der Waals surface area contributed by atoms with Crippen molar-refractivity contribution < 1.29 is 22.0 Å². The molecule has 1 aliphatic heterocycles. The Morgan fingerprint density at radius 2 is 1.81 bits per heavy atom. The van der Waals surface area contributed by atoms with Gasteiger partial charge in [0.05, 0.1) is 16.5 Å². The molecule has 10 heteroatoms. The minimum absolute atomic E-state index is 0.0596. The van der Waals surface area contributed by atoms with E-state index in [1.165, 1.54) is 22.5 Å². The number of hydrogen-bond acceptors (Lipinski definition) is 4. The number of amides is 1. The van der Waals surface area contributed by atoms with E-state index >= 15 is 0 Å². The van der Waals surface area contributed by atoms with Gasteiger partial charge in [0.1, 0.15) is 11.6 Å². The molecule has 2 aromatic rings. The molecule has 1 saturated heterocycles. The quantitative estimate of drug-likeness (QED) is 0.623. The third-order valence-corrected chi connectivity index (χ3v) is 7.40. The summed E-state index contributed by atoms with van der Waals surface area (Å²) in [6.07, 6.45) is 0. The van der Waals surface area contributed by atoms with Crippen LogP contribution < -0.4 is 0 Å². The Hall–Kier alpha value is -2.07. The molecule has 1 fully saturated rings. The van der Waals surface area contributed by atoms with Crippen molar-refractivity contribution >= 4 is 27.5 Å². The van der Waals surface area contributed by atoms with Crippen molar-refractivity contribution in [3.63, 3.8) is 0 Å². The molecule has 168 valence electrons. The predicted molar refractivity (Wildman–Crippen MR) is 114 cm³/mol. The van der Waals surface area contributed by atoms with Gasteiger partial charge in [-0.1, -0.05) is 23.7 Å². The number of benzene rings is 2. The predicted octanol–water partition coefficient (Wildman–Crippen LogP) is 2.97. The Labute approximate surface area is 186 Å². The zero-order valence-corrected chi connectivity index (χ0v) is 18.7. The van der Waals surface area contributed by atoms with E-state index in [0.717, 1.165) is 12.1 Å². The maximum atomic E-state index is 13.4. The molecule has 31 heavy (non-hydrogen) atoms. The lowest BCUT2D eigenvalue weighted by Crippen LogP contribution is -2.51. The van der Waals surface area contributed by atoms with Gasteiger partial charge >= 0.3 is 0 Å². The Kier molecular flexibility index (Phi) is 7.64. The van der Waals surface area contributed by atoms with Crippen molar-refractivity contribution in [1.29, 1.82) is 0 Å². The number of sulfonamides is 1. The largest absolute Gasteiger partial charge is 0.338 e. The molecular formula is C21H24ClF2N3O3S. The highest BCUT2D eigenvalue weighted by atomic mass is 35.5. The highest BCUT2D eigenvalue weighted by Gasteiger charge is 2.30. The van der Waals surface area contributed by atoms with Gasteiger partial charge in [0, 0.05) is 39.3 Å². The van der Waals surface area contributed by atoms with E-state index in [1.54, 1.807) is 17.0 Å². The Bertz CT molecular complexity index is 1040. The molecule has 0 aromatic heterocycles. The van der Waals surface area contributed by atoms with Crippen LogP contribution in [0.1, 0.15) is 12.5 Å². The van der Waals surface area contributed by atoms with Crippen molar-refractivity contribution in [1.82, 2.24) is 14.1 Å². The van der Waals surface area contributed by atoms with E-state index in [2.05, 4.69) is 0 Å². The second kappa shape index (κ2) is 10.0. The van der Waals surface area contributed by atoms with Crippen LogP contribution in [0.4, 0.5) is 8.78 Å². The van der Waals surface area contributed by atoms with Gasteiger partial charge in [-0.25, -0.2) is 17.2 Å². The number of carbonyl (C=O) groups excluding carboxylic acids is 1. The van der Waals surface area contributed by atoms with Crippen LogP contribution in [0, 0.1) is 11.6 Å². The smallest absolute Gasteiger partial charge is 0.243 e. The lowest BCUT2D eigenvalue weighted by Gasteiger charge is -2.34. The van der Waals surface area contributed by atoms with Crippen LogP contribution in [0.25, 0.3) is 0 Å². The number of piperazine rings is 1. The molecule has 0 aliphatic carbocycles. The molecule has 0 unspecified atom stereocenters. The normalized spacial score (nSPS) is 15.7. The summed E-state index contributed by atoms with van der Waals surface area (Å²) < 4.78 is 53.6. The van der Waals surface area contributed by atoms with E-state index in [9.17, 15) is 22.0 Å². The van der Waals surface area contributed by atoms with Crippen LogP contribution >= 0.6 is 11.6 Å². The van der Waals surface area contributed by atoms with Gasteiger partial charge in [0.15, 0.2) is 0 Å². The van der Waals surface area contributed by atoms with Gasteiger partial charge in [0.2, 0.25) is 15.9 Å². The first-order valence-corrected chi connectivity index (χ1v) is 11.7. The van der Waals surface area contributed by atoms with Crippen LogP contribution in [0.15, 0.2) is 47.4 Å². The van der Waals surface area contributed by atoms with E-state index < -0.39 is 15.8 Å². The average molecular weight is 472 g/mol. The number of halogens is 3.